The highest BCUT2D eigenvalue weighted by atomic mass is 16.6. The number of nitrogens with zero attached hydrogens (tertiary/aromatic N) is 1. The van der Waals surface area contributed by atoms with Gasteiger partial charge in [0.25, 0.3) is 11.8 Å². The normalized spacial score (nSPS) is 18.1. The van der Waals surface area contributed by atoms with Crippen molar-refractivity contribution in [1.82, 2.24) is 10.2 Å². The van der Waals surface area contributed by atoms with Gasteiger partial charge in [0.05, 0.1) is 17.5 Å². The van der Waals surface area contributed by atoms with E-state index in [1.54, 1.807) is 30.4 Å². The van der Waals surface area contributed by atoms with E-state index in [1.807, 2.05) is 45.0 Å². The quantitative estimate of drug-likeness (QED) is 0.405. The number of hydrogen-bond acceptors (Lipinski definition) is 6. The minimum Gasteiger partial charge on any atom is -0.460 e. The summed E-state index contributed by atoms with van der Waals surface area (Å²) < 4.78 is 5.34. The Bertz CT molecular complexity index is 1250. The van der Waals surface area contributed by atoms with Crippen molar-refractivity contribution >= 4 is 41.8 Å². The van der Waals surface area contributed by atoms with E-state index in [4.69, 9.17) is 4.74 Å². The van der Waals surface area contributed by atoms with Gasteiger partial charge in [0.1, 0.15) is 11.6 Å². The van der Waals surface area contributed by atoms with Crippen LogP contribution in [0.5, 0.6) is 0 Å². The number of piperidine rings is 1. The molecule has 2 aromatic rings. The molecule has 2 aliphatic rings. The lowest BCUT2D eigenvalue weighted by Crippen LogP contribution is -2.54. The fourth-order valence-corrected chi connectivity index (χ4v) is 4.16. The smallest absolute Gasteiger partial charge is 0.310 e. The Kier molecular flexibility index (Phi) is 6.39. The van der Waals surface area contributed by atoms with Gasteiger partial charge in [0.15, 0.2) is 0 Å². The zero-order valence-corrected chi connectivity index (χ0v) is 19.8. The molecule has 4 rings (SSSR count). The van der Waals surface area contributed by atoms with Crippen LogP contribution in [-0.4, -0.2) is 46.1 Å². The Morgan fingerprint density at radius 2 is 1.74 bits per heavy atom. The van der Waals surface area contributed by atoms with E-state index in [1.165, 1.54) is 0 Å². The fraction of sp³-hybridized carbons (Fsp3) is 0.296. The number of fused-ring (bicyclic) bond motifs is 1. The summed E-state index contributed by atoms with van der Waals surface area (Å²) in [6.45, 7) is 5.46. The maximum absolute atomic E-state index is 13.2. The van der Waals surface area contributed by atoms with Gasteiger partial charge in [-0.15, -0.1) is 0 Å². The van der Waals surface area contributed by atoms with Crippen LogP contribution in [-0.2, 0) is 25.5 Å². The number of hydrogen-bond donors (Lipinski definition) is 1. The number of amides is 4. The van der Waals surface area contributed by atoms with E-state index >= 15 is 0 Å². The highest BCUT2D eigenvalue weighted by molar-refractivity contribution is 6.24. The third-order valence-corrected chi connectivity index (χ3v) is 5.70. The summed E-state index contributed by atoms with van der Waals surface area (Å²) in [7, 11) is 0. The second kappa shape index (κ2) is 9.29. The highest BCUT2D eigenvalue weighted by Crippen LogP contribution is 2.30. The average molecular weight is 475 g/mol. The van der Waals surface area contributed by atoms with E-state index in [9.17, 15) is 24.0 Å². The topological polar surface area (TPSA) is 110 Å². The first-order chi connectivity index (χ1) is 16.5. The molecule has 1 unspecified atom stereocenters. The molecule has 0 radical (unpaired) electrons. The summed E-state index contributed by atoms with van der Waals surface area (Å²) in [6, 6.07) is 11.3. The SMILES string of the molecule is CC(C)(C)OC(=O)Cc1ccc(/C=C/c2cccc3c2C(=O)N(C2CCC(=O)NC2=O)C3=O)cc1. The second-order valence-corrected chi connectivity index (χ2v) is 9.56. The Hall–Kier alpha value is -4.07. The molecule has 1 fully saturated rings. The Labute approximate surface area is 202 Å². The van der Waals surface area contributed by atoms with E-state index in [-0.39, 0.29) is 36.4 Å². The Balaban J connectivity index is 1.51. The Morgan fingerprint density at radius 3 is 2.40 bits per heavy atom. The van der Waals surface area contributed by atoms with Crippen LogP contribution in [0.15, 0.2) is 42.5 Å². The van der Waals surface area contributed by atoms with Crippen molar-refractivity contribution in [3.8, 4) is 0 Å². The lowest BCUT2D eigenvalue weighted by molar-refractivity contribution is -0.154. The van der Waals surface area contributed by atoms with Crippen molar-refractivity contribution < 1.29 is 28.7 Å². The van der Waals surface area contributed by atoms with Gasteiger partial charge < -0.3 is 4.74 Å². The standard InChI is InChI=1S/C27H26N2O6/c1-27(2,3)35-22(31)15-17-9-7-16(8-10-17)11-12-18-5-4-6-19-23(18)26(34)29(25(19)33)20-13-14-21(30)28-24(20)32/h4-12,20H,13-15H2,1-3H3,(H,28,30,32)/b12-11+. The number of carbonyl (C=O) groups is 5. The van der Waals surface area contributed by atoms with Crippen LogP contribution in [0.3, 0.4) is 0 Å². The summed E-state index contributed by atoms with van der Waals surface area (Å²) >= 11 is 0. The molecule has 1 atom stereocenters. The molecule has 0 spiro atoms. The number of rotatable bonds is 5. The van der Waals surface area contributed by atoms with Crippen molar-refractivity contribution in [2.75, 3.05) is 0 Å². The minimum atomic E-state index is -1.01. The average Bonchev–Trinajstić information content (AvgIpc) is 3.03. The number of imide groups is 2. The zero-order chi connectivity index (χ0) is 25.3. The molecule has 180 valence electrons. The lowest BCUT2D eigenvalue weighted by atomic mass is 10.0. The van der Waals surface area contributed by atoms with Crippen molar-refractivity contribution in [3.63, 3.8) is 0 Å². The van der Waals surface area contributed by atoms with Crippen LogP contribution in [0.2, 0.25) is 0 Å². The second-order valence-electron chi connectivity index (χ2n) is 9.56. The Morgan fingerprint density at radius 1 is 1.03 bits per heavy atom. The molecular weight excluding hydrogens is 448 g/mol. The van der Waals surface area contributed by atoms with Crippen LogP contribution in [0.1, 0.15) is 71.0 Å². The number of benzene rings is 2. The van der Waals surface area contributed by atoms with Gasteiger partial charge in [-0.3, -0.25) is 34.2 Å². The van der Waals surface area contributed by atoms with Gasteiger partial charge in [-0.05, 0) is 49.9 Å². The monoisotopic (exact) mass is 474 g/mol. The molecule has 0 aliphatic carbocycles. The third kappa shape index (κ3) is 5.21. The summed E-state index contributed by atoms with van der Waals surface area (Å²) in [5.74, 6) is -2.44. The predicted octanol–water partition coefficient (Wildman–Crippen LogP) is 3.14. The van der Waals surface area contributed by atoms with Crippen LogP contribution in [0.4, 0.5) is 0 Å². The fourth-order valence-electron chi connectivity index (χ4n) is 4.16. The maximum atomic E-state index is 13.2. The van der Waals surface area contributed by atoms with E-state index in [0.717, 1.165) is 16.0 Å². The van der Waals surface area contributed by atoms with Gasteiger partial charge in [-0.1, -0.05) is 48.6 Å². The number of carbonyl (C=O) groups excluding carboxylic acids is 5. The largest absolute Gasteiger partial charge is 0.460 e. The number of nitrogens with one attached hydrogen (secondary N) is 1. The molecule has 8 heteroatoms. The van der Waals surface area contributed by atoms with Crippen LogP contribution >= 0.6 is 0 Å². The maximum Gasteiger partial charge on any atom is 0.310 e. The van der Waals surface area contributed by atoms with Crippen molar-refractivity contribution in [1.29, 1.82) is 0 Å². The first-order valence-electron chi connectivity index (χ1n) is 11.4. The lowest BCUT2D eigenvalue weighted by Gasteiger charge is -2.27. The molecule has 4 amide bonds. The van der Waals surface area contributed by atoms with Gasteiger partial charge in [0, 0.05) is 6.42 Å². The molecule has 2 aromatic carbocycles. The molecule has 2 heterocycles. The van der Waals surface area contributed by atoms with Gasteiger partial charge in [0.2, 0.25) is 11.8 Å². The third-order valence-electron chi connectivity index (χ3n) is 5.70. The summed E-state index contributed by atoms with van der Waals surface area (Å²) in [5.41, 5.74) is 2.14. The van der Waals surface area contributed by atoms with E-state index < -0.39 is 35.3 Å². The van der Waals surface area contributed by atoms with E-state index in [2.05, 4.69) is 5.32 Å². The molecule has 2 aliphatic heterocycles. The van der Waals surface area contributed by atoms with Crippen LogP contribution < -0.4 is 5.32 Å². The van der Waals surface area contributed by atoms with E-state index in [0.29, 0.717) is 5.56 Å². The molecule has 1 saturated heterocycles. The number of ether oxygens (including phenoxy) is 1. The first-order valence-corrected chi connectivity index (χ1v) is 11.4. The highest BCUT2D eigenvalue weighted by Gasteiger charge is 2.45. The molecule has 0 aromatic heterocycles. The van der Waals surface area contributed by atoms with Crippen LogP contribution in [0.25, 0.3) is 12.2 Å². The summed E-state index contributed by atoms with van der Waals surface area (Å²) in [4.78, 5) is 62.8. The zero-order valence-electron chi connectivity index (χ0n) is 19.8. The van der Waals surface area contributed by atoms with Gasteiger partial charge >= 0.3 is 5.97 Å². The molecular formula is C27H26N2O6. The molecule has 0 bridgehead atoms. The first kappa shape index (κ1) is 24.1. The van der Waals surface area contributed by atoms with Crippen LogP contribution in [0, 0.1) is 0 Å². The predicted molar refractivity (Wildman–Crippen MR) is 128 cm³/mol. The molecule has 35 heavy (non-hydrogen) atoms. The van der Waals surface area contributed by atoms with Gasteiger partial charge in [-0.2, -0.15) is 0 Å². The molecule has 8 nitrogen and oxygen atoms in total. The summed E-state index contributed by atoms with van der Waals surface area (Å²) in [5, 5.41) is 2.20. The number of esters is 1. The molecule has 1 N–H and O–H groups in total. The van der Waals surface area contributed by atoms with Crippen molar-refractivity contribution in [3.05, 3.63) is 70.3 Å². The van der Waals surface area contributed by atoms with Crippen molar-refractivity contribution in [2.24, 2.45) is 0 Å². The molecule has 0 saturated carbocycles. The minimum absolute atomic E-state index is 0.0699. The van der Waals surface area contributed by atoms with Crippen molar-refractivity contribution in [2.45, 2.75) is 51.7 Å². The summed E-state index contributed by atoms with van der Waals surface area (Å²) in [6.07, 6.45) is 3.89. The van der Waals surface area contributed by atoms with Gasteiger partial charge in [-0.25, -0.2) is 0 Å².